The number of aliphatic carboxylic acids is 1. The summed E-state index contributed by atoms with van der Waals surface area (Å²) in [5.41, 5.74) is 0. The van der Waals surface area contributed by atoms with E-state index in [9.17, 15) is 4.79 Å². The molecule has 0 unspecified atom stereocenters. The molecule has 15 heavy (non-hydrogen) atoms. The van der Waals surface area contributed by atoms with Gasteiger partial charge in [-0.05, 0) is 6.42 Å². The zero-order chi connectivity index (χ0) is 11.3. The van der Waals surface area contributed by atoms with Gasteiger partial charge < -0.3 is 10.0 Å². The molecule has 0 spiro atoms. The lowest BCUT2D eigenvalue weighted by Gasteiger charge is -2.20. The number of rotatable bonds is 5. The Kier molecular flexibility index (Phi) is 4.30. The van der Waals surface area contributed by atoms with Gasteiger partial charge in [0.05, 0.1) is 12.4 Å². The van der Waals surface area contributed by atoms with Crippen LogP contribution < -0.4 is 4.90 Å². The van der Waals surface area contributed by atoms with Crippen LogP contribution >= 0.6 is 11.6 Å². The average Bonchev–Trinajstić information content (AvgIpc) is 2.16. The molecule has 0 saturated carbocycles. The van der Waals surface area contributed by atoms with E-state index in [0.717, 1.165) is 6.42 Å². The third-order valence-corrected chi connectivity index (χ3v) is 1.92. The molecule has 0 amide bonds. The highest BCUT2D eigenvalue weighted by atomic mass is 35.5. The van der Waals surface area contributed by atoms with E-state index in [1.807, 2.05) is 6.92 Å². The number of carboxylic acids is 1. The predicted molar refractivity (Wildman–Crippen MR) is 57.2 cm³/mol. The van der Waals surface area contributed by atoms with E-state index in [-0.39, 0.29) is 11.7 Å². The molecular weight excluding hydrogens is 218 g/mol. The zero-order valence-corrected chi connectivity index (χ0v) is 9.11. The molecule has 0 fully saturated rings. The van der Waals surface area contributed by atoms with Crippen molar-refractivity contribution in [2.45, 2.75) is 13.3 Å². The molecule has 1 heterocycles. The van der Waals surface area contributed by atoms with Gasteiger partial charge in [0.15, 0.2) is 0 Å². The highest BCUT2D eigenvalue weighted by Crippen LogP contribution is 2.12. The van der Waals surface area contributed by atoms with Gasteiger partial charge in [0.1, 0.15) is 17.5 Å². The Hall–Kier alpha value is -1.36. The van der Waals surface area contributed by atoms with Crippen molar-refractivity contribution in [2.24, 2.45) is 0 Å². The quantitative estimate of drug-likeness (QED) is 0.828. The molecule has 5 nitrogen and oxygen atoms in total. The van der Waals surface area contributed by atoms with Gasteiger partial charge in [-0.15, -0.1) is 0 Å². The Balaban J connectivity index is 2.83. The Morgan fingerprint density at radius 2 is 2.33 bits per heavy atom. The zero-order valence-electron chi connectivity index (χ0n) is 8.35. The third-order valence-electron chi connectivity index (χ3n) is 1.74. The summed E-state index contributed by atoms with van der Waals surface area (Å²) in [6.45, 7) is 2.48. The van der Waals surface area contributed by atoms with Crippen LogP contribution in [0.2, 0.25) is 5.15 Å². The third kappa shape index (κ3) is 3.71. The minimum atomic E-state index is -0.898. The summed E-state index contributed by atoms with van der Waals surface area (Å²) >= 11 is 5.68. The fraction of sp³-hybridized carbons (Fsp3) is 0.444. The molecule has 0 aliphatic heterocycles. The van der Waals surface area contributed by atoms with Gasteiger partial charge in [0, 0.05) is 6.54 Å². The fourth-order valence-corrected chi connectivity index (χ4v) is 1.34. The molecular formula is C9H12ClN3O2. The summed E-state index contributed by atoms with van der Waals surface area (Å²) in [6, 6.07) is 0. The predicted octanol–water partition coefficient (Wildman–Crippen LogP) is 1.43. The Morgan fingerprint density at radius 1 is 1.60 bits per heavy atom. The number of aromatic nitrogens is 2. The largest absolute Gasteiger partial charge is 0.480 e. The standard InChI is InChI=1S/C9H12ClN3O2/c1-2-3-13(6-9(14)15)8-5-11-4-7(10)12-8/h4-5H,2-3,6H2,1H3,(H,14,15). The Bertz CT molecular complexity index is 346. The molecule has 0 aliphatic rings. The Morgan fingerprint density at radius 3 is 2.87 bits per heavy atom. The number of halogens is 1. The van der Waals surface area contributed by atoms with Gasteiger partial charge in [0.2, 0.25) is 0 Å². The molecule has 0 aromatic carbocycles. The molecule has 0 radical (unpaired) electrons. The topological polar surface area (TPSA) is 66.3 Å². The SMILES string of the molecule is CCCN(CC(=O)O)c1cncc(Cl)n1. The van der Waals surface area contributed by atoms with Gasteiger partial charge in [-0.1, -0.05) is 18.5 Å². The second kappa shape index (κ2) is 5.50. The maximum Gasteiger partial charge on any atom is 0.323 e. The first-order chi connectivity index (χ1) is 7.13. The molecule has 6 heteroatoms. The van der Waals surface area contributed by atoms with Crippen LogP contribution in [0.3, 0.4) is 0 Å². The summed E-state index contributed by atoms with van der Waals surface area (Å²) in [7, 11) is 0. The molecule has 0 atom stereocenters. The highest BCUT2D eigenvalue weighted by Gasteiger charge is 2.11. The minimum absolute atomic E-state index is 0.0944. The van der Waals surface area contributed by atoms with E-state index in [4.69, 9.17) is 16.7 Å². The van der Waals surface area contributed by atoms with Crippen LogP contribution in [-0.4, -0.2) is 34.1 Å². The van der Waals surface area contributed by atoms with Crippen molar-refractivity contribution >= 4 is 23.4 Å². The van der Waals surface area contributed by atoms with Crippen LogP contribution in [0.5, 0.6) is 0 Å². The van der Waals surface area contributed by atoms with Gasteiger partial charge in [-0.3, -0.25) is 9.78 Å². The van der Waals surface area contributed by atoms with Gasteiger partial charge >= 0.3 is 5.97 Å². The van der Waals surface area contributed by atoms with Crippen molar-refractivity contribution in [1.29, 1.82) is 0 Å². The first kappa shape index (κ1) is 11.7. The van der Waals surface area contributed by atoms with E-state index in [1.165, 1.54) is 12.4 Å². The molecule has 1 rings (SSSR count). The number of hydrogen-bond acceptors (Lipinski definition) is 4. The van der Waals surface area contributed by atoms with Crippen molar-refractivity contribution < 1.29 is 9.90 Å². The first-order valence-electron chi connectivity index (χ1n) is 4.57. The van der Waals surface area contributed by atoms with E-state index in [0.29, 0.717) is 12.4 Å². The number of anilines is 1. The fourth-order valence-electron chi connectivity index (χ4n) is 1.19. The number of nitrogens with zero attached hydrogens (tertiary/aromatic N) is 3. The summed E-state index contributed by atoms with van der Waals surface area (Å²) < 4.78 is 0. The average molecular weight is 230 g/mol. The second-order valence-electron chi connectivity index (χ2n) is 3.02. The summed E-state index contributed by atoms with van der Waals surface area (Å²) in [6.07, 6.45) is 3.75. The first-order valence-corrected chi connectivity index (χ1v) is 4.95. The van der Waals surface area contributed by atoms with Gasteiger partial charge in [-0.25, -0.2) is 4.98 Å². The van der Waals surface area contributed by atoms with Crippen LogP contribution in [0, 0.1) is 0 Å². The minimum Gasteiger partial charge on any atom is -0.480 e. The molecule has 0 bridgehead atoms. The summed E-state index contributed by atoms with van der Waals surface area (Å²) in [4.78, 5) is 20.1. The van der Waals surface area contributed by atoms with Crippen LogP contribution in [0.15, 0.2) is 12.4 Å². The van der Waals surface area contributed by atoms with E-state index in [2.05, 4.69) is 9.97 Å². The summed E-state index contributed by atoms with van der Waals surface area (Å²) in [5, 5.41) is 8.98. The van der Waals surface area contributed by atoms with Crippen LogP contribution in [0.1, 0.15) is 13.3 Å². The van der Waals surface area contributed by atoms with Crippen LogP contribution in [0.25, 0.3) is 0 Å². The monoisotopic (exact) mass is 229 g/mol. The van der Waals surface area contributed by atoms with E-state index in [1.54, 1.807) is 4.90 Å². The molecule has 1 aromatic rings. The van der Waals surface area contributed by atoms with Crippen molar-refractivity contribution in [3.8, 4) is 0 Å². The molecule has 1 N–H and O–H groups in total. The van der Waals surface area contributed by atoms with Crippen molar-refractivity contribution in [1.82, 2.24) is 9.97 Å². The van der Waals surface area contributed by atoms with Gasteiger partial charge in [-0.2, -0.15) is 0 Å². The number of hydrogen-bond donors (Lipinski definition) is 1. The normalized spacial score (nSPS) is 10.0. The molecule has 1 aromatic heterocycles. The maximum absolute atomic E-state index is 10.6. The second-order valence-corrected chi connectivity index (χ2v) is 3.40. The number of carboxylic acid groups (broad SMARTS) is 1. The lowest BCUT2D eigenvalue weighted by Crippen LogP contribution is -2.31. The lowest BCUT2D eigenvalue weighted by atomic mass is 10.4. The summed E-state index contributed by atoms with van der Waals surface area (Å²) in [5.74, 6) is -0.406. The van der Waals surface area contributed by atoms with E-state index < -0.39 is 5.97 Å². The Labute approximate surface area is 92.7 Å². The molecule has 82 valence electrons. The van der Waals surface area contributed by atoms with Crippen molar-refractivity contribution in [3.05, 3.63) is 17.5 Å². The van der Waals surface area contributed by atoms with E-state index >= 15 is 0 Å². The van der Waals surface area contributed by atoms with Gasteiger partial charge in [0.25, 0.3) is 0 Å². The highest BCUT2D eigenvalue weighted by molar-refractivity contribution is 6.29. The number of carbonyl (C=O) groups is 1. The molecule has 0 saturated heterocycles. The van der Waals surface area contributed by atoms with Crippen LogP contribution in [-0.2, 0) is 4.79 Å². The maximum atomic E-state index is 10.6. The smallest absolute Gasteiger partial charge is 0.323 e. The van der Waals surface area contributed by atoms with Crippen molar-refractivity contribution in [2.75, 3.05) is 18.0 Å². The van der Waals surface area contributed by atoms with Crippen molar-refractivity contribution in [3.63, 3.8) is 0 Å². The lowest BCUT2D eigenvalue weighted by molar-refractivity contribution is -0.135. The van der Waals surface area contributed by atoms with Crippen LogP contribution in [0.4, 0.5) is 5.82 Å². The molecule has 0 aliphatic carbocycles.